The molecular formula is C19H37NO5. The van der Waals surface area contributed by atoms with Crippen LogP contribution in [-0.2, 0) is 18.9 Å². The maximum absolute atomic E-state index is 12.4. The van der Waals surface area contributed by atoms with Gasteiger partial charge in [-0.05, 0) is 53.9 Å². The van der Waals surface area contributed by atoms with E-state index >= 15 is 0 Å². The van der Waals surface area contributed by atoms with Crippen LogP contribution in [0.5, 0.6) is 0 Å². The number of rotatable bonds is 9. The van der Waals surface area contributed by atoms with Gasteiger partial charge in [0, 0.05) is 26.2 Å². The third kappa shape index (κ3) is 7.92. The zero-order valence-corrected chi connectivity index (χ0v) is 16.9. The molecular weight excluding hydrogens is 322 g/mol. The largest absolute Gasteiger partial charge is 0.444 e. The topological polar surface area (TPSA) is 57.2 Å². The van der Waals surface area contributed by atoms with Gasteiger partial charge in [-0.3, -0.25) is 0 Å². The fraction of sp³-hybridized carbons (Fsp3) is 0.947. The zero-order chi connectivity index (χ0) is 18.9. The number of nitrogens with zero attached hydrogens (tertiary/aromatic N) is 1. The lowest BCUT2D eigenvalue weighted by molar-refractivity contribution is -0.162. The molecule has 0 aromatic carbocycles. The summed E-state index contributed by atoms with van der Waals surface area (Å²) in [6.45, 7) is 14.8. The molecule has 0 aromatic rings. The van der Waals surface area contributed by atoms with Crippen LogP contribution in [0.2, 0.25) is 0 Å². The molecule has 1 unspecified atom stereocenters. The van der Waals surface area contributed by atoms with Gasteiger partial charge in [-0.1, -0.05) is 6.92 Å². The monoisotopic (exact) mass is 359 g/mol. The van der Waals surface area contributed by atoms with Crippen LogP contribution < -0.4 is 0 Å². The summed E-state index contributed by atoms with van der Waals surface area (Å²) >= 11 is 0. The molecule has 1 fully saturated rings. The van der Waals surface area contributed by atoms with Crippen LogP contribution in [0, 0.1) is 0 Å². The first kappa shape index (κ1) is 22.2. The minimum atomic E-state index is -0.480. The SMILES string of the molecule is CCOC(CCOC1(CC)CCCN(C(=O)OC(C)(C)C)C1)OCC. The van der Waals surface area contributed by atoms with Crippen molar-refractivity contribution in [2.45, 2.75) is 84.7 Å². The molecule has 0 N–H and O–H groups in total. The maximum atomic E-state index is 12.4. The highest BCUT2D eigenvalue weighted by molar-refractivity contribution is 5.68. The molecule has 25 heavy (non-hydrogen) atoms. The van der Waals surface area contributed by atoms with Gasteiger partial charge in [-0.15, -0.1) is 0 Å². The van der Waals surface area contributed by atoms with Crippen LogP contribution in [0.15, 0.2) is 0 Å². The van der Waals surface area contributed by atoms with Crippen LogP contribution >= 0.6 is 0 Å². The Morgan fingerprint density at radius 3 is 2.32 bits per heavy atom. The molecule has 1 heterocycles. The normalized spacial score (nSPS) is 21.6. The van der Waals surface area contributed by atoms with E-state index in [4.69, 9.17) is 18.9 Å². The van der Waals surface area contributed by atoms with E-state index in [0.29, 0.717) is 32.8 Å². The second-order valence-corrected chi connectivity index (χ2v) is 7.52. The van der Waals surface area contributed by atoms with Crippen LogP contribution in [0.4, 0.5) is 4.79 Å². The third-order valence-corrected chi connectivity index (χ3v) is 4.30. The Hall–Kier alpha value is -0.850. The molecule has 0 saturated carbocycles. The number of amides is 1. The van der Waals surface area contributed by atoms with E-state index in [9.17, 15) is 4.79 Å². The number of hydrogen-bond donors (Lipinski definition) is 0. The summed E-state index contributed by atoms with van der Waals surface area (Å²) in [5, 5.41) is 0. The minimum absolute atomic E-state index is 0.227. The molecule has 0 aromatic heterocycles. The Morgan fingerprint density at radius 1 is 1.16 bits per heavy atom. The predicted molar refractivity (Wildman–Crippen MR) is 97.7 cm³/mol. The molecule has 1 aliphatic rings. The lowest BCUT2D eigenvalue weighted by atomic mass is 9.90. The van der Waals surface area contributed by atoms with Crippen LogP contribution in [0.3, 0.4) is 0 Å². The van der Waals surface area contributed by atoms with Gasteiger partial charge in [-0.2, -0.15) is 0 Å². The highest BCUT2D eigenvalue weighted by Crippen LogP contribution is 2.29. The molecule has 0 spiro atoms. The number of hydrogen-bond acceptors (Lipinski definition) is 5. The van der Waals surface area contributed by atoms with Gasteiger partial charge in [0.2, 0.25) is 0 Å². The Bertz CT molecular complexity index is 390. The quantitative estimate of drug-likeness (QED) is 0.583. The number of likely N-dealkylation sites (tertiary alicyclic amines) is 1. The Labute approximate surface area is 153 Å². The standard InChI is InChI=1S/C19H37NO5/c1-7-19(24-14-11-16(22-8-2)23-9-3)12-10-13-20(15-19)17(21)25-18(4,5)6/h16H,7-15H2,1-6H3. The molecule has 0 bridgehead atoms. The van der Waals surface area contributed by atoms with Gasteiger partial charge in [0.15, 0.2) is 6.29 Å². The number of carbonyl (C=O) groups excluding carboxylic acids is 1. The molecule has 1 amide bonds. The van der Waals surface area contributed by atoms with Crippen molar-refractivity contribution in [1.82, 2.24) is 4.90 Å². The summed E-state index contributed by atoms with van der Waals surface area (Å²) in [4.78, 5) is 14.2. The summed E-state index contributed by atoms with van der Waals surface area (Å²) in [6.07, 6.45) is 2.95. The first-order valence-electron chi connectivity index (χ1n) is 9.60. The summed E-state index contributed by atoms with van der Waals surface area (Å²) in [6, 6.07) is 0. The average molecular weight is 360 g/mol. The summed E-state index contributed by atoms with van der Waals surface area (Å²) < 4.78 is 22.9. The van der Waals surface area contributed by atoms with Crippen molar-refractivity contribution in [3.8, 4) is 0 Å². The van der Waals surface area contributed by atoms with Gasteiger partial charge in [0.1, 0.15) is 5.60 Å². The summed E-state index contributed by atoms with van der Waals surface area (Å²) in [5.74, 6) is 0. The molecule has 0 radical (unpaired) electrons. The van der Waals surface area contributed by atoms with E-state index in [1.165, 1.54) is 0 Å². The van der Waals surface area contributed by atoms with E-state index in [0.717, 1.165) is 25.8 Å². The van der Waals surface area contributed by atoms with Gasteiger partial charge in [0.05, 0.1) is 18.8 Å². The van der Waals surface area contributed by atoms with Crippen molar-refractivity contribution in [3.05, 3.63) is 0 Å². The zero-order valence-electron chi connectivity index (χ0n) is 16.9. The number of piperidine rings is 1. The molecule has 6 heteroatoms. The Kier molecular flexibility index (Phi) is 9.17. The fourth-order valence-corrected chi connectivity index (χ4v) is 3.05. The second kappa shape index (κ2) is 10.3. The molecule has 6 nitrogen and oxygen atoms in total. The third-order valence-electron chi connectivity index (χ3n) is 4.30. The fourth-order valence-electron chi connectivity index (χ4n) is 3.05. The first-order valence-corrected chi connectivity index (χ1v) is 9.60. The first-order chi connectivity index (χ1) is 11.7. The Balaban J connectivity index is 2.57. The van der Waals surface area contributed by atoms with E-state index < -0.39 is 5.60 Å². The highest BCUT2D eigenvalue weighted by Gasteiger charge is 2.38. The smallest absolute Gasteiger partial charge is 0.410 e. The van der Waals surface area contributed by atoms with Crippen molar-refractivity contribution in [1.29, 1.82) is 0 Å². The molecule has 0 aliphatic carbocycles. The number of ether oxygens (including phenoxy) is 4. The van der Waals surface area contributed by atoms with Crippen molar-refractivity contribution >= 4 is 6.09 Å². The van der Waals surface area contributed by atoms with Crippen LogP contribution in [0.25, 0.3) is 0 Å². The molecule has 1 aliphatic heterocycles. The van der Waals surface area contributed by atoms with E-state index in [1.807, 2.05) is 34.6 Å². The average Bonchev–Trinajstić information content (AvgIpc) is 2.54. The van der Waals surface area contributed by atoms with Crippen molar-refractivity contribution in [2.75, 3.05) is 32.9 Å². The second-order valence-electron chi connectivity index (χ2n) is 7.52. The minimum Gasteiger partial charge on any atom is -0.444 e. The van der Waals surface area contributed by atoms with Crippen LogP contribution in [-0.4, -0.2) is 61.4 Å². The lowest BCUT2D eigenvalue weighted by Gasteiger charge is -2.42. The summed E-state index contributed by atoms with van der Waals surface area (Å²) in [7, 11) is 0. The van der Waals surface area contributed by atoms with E-state index in [2.05, 4.69) is 6.92 Å². The molecule has 1 rings (SSSR count). The number of carbonyl (C=O) groups is 1. The molecule has 1 saturated heterocycles. The molecule has 148 valence electrons. The van der Waals surface area contributed by atoms with Crippen molar-refractivity contribution in [2.24, 2.45) is 0 Å². The van der Waals surface area contributed by atoms with Crippen molar-refractivity contribution in [3.63, 3.8) is 0 Å². The highest BCUT2D eigenvalue weighted by atomic mass is 16.7. The predicted octanol–water partition coefficient (Wildman–Crippen LogP) is 3.97. The summed E-state index contributed by atoms with van der Waals surface area (Å²) in [5.41, 5.74) is -0.787. The Morgan fingerprint density at radius 2 is 1.80 bits per heavy atom. The van der Waals surface area contributed by atoms with Gasteiger partial charge < -0.3 is 23.8 Å². The maximum Gasteiger partial charge on any atom is 0.410 e. The van der Waals surface area contributed by atoms with Crippen LogP contribution in [0.1, 0.15) is 67.2 Å². The molecule has 1 atom stereocenters. The lowest BCUT2D eigenvalue weighted by Crippen LogP contribution is -2.52. The van der Waals surface area contributed by atoms with E-state index in [-0.39, 0.29) is 18.0 Å². The van der Waals surface area contributed by atoms with Crippen molar-refractivity contribution < 1.29 is 23.7 Å². The van der Waals surface area contributed by atoms with Gasteiger partial charge >= 0.3 is 6.09 Å². The van der Waals surface area contributed by atoms with Gasteiger partial charge in [-0.25, -0.2) is 4.79 Å². The van der Waals surface area contributed by atoms with Gasteiger partial charge in [0.25, 0.3) is 0 Å². The van der Waals surface area contributed by atoms with E-state index in [1.54, 1.807) is 4.90 Å².